The van der Waals surface area contributed by atoms with E-state index < -0.39 is 5.97 Å². The lowest BCUT2D eigenvalue weighted by Crippen LogP contribution is -2.13. The van der Waals surface area contributed by atoms with Gasteiger partial charge in [0.25, 0.3) is 0 Å². The third-order valence-electron chi connectivity index (χ3n) is 1.41. The Morgan fingerprint density at radius 3 is 2.82 bits per heavy atom. The van der Waals surface area contributed by atoms with Crippen molar-refractivity contribution in [1.29, 1.82) is 0 Å². The van der Waals surface area contributed by atoms with Crippen molar-refractivity contribution < 1.29 is 14.3 Å². The standard InChI is InChI=1S/C7H9NO3/c1-11-7(10)4-5-2-3-6(9)8-5/h4H,2-3H2,1H3,(H,8,9). The van der Waals surface area contributed by atoms with Crippen molar-refractivity contribution in [3.8, 4) is 0 Å². The lowest BCUT2D eigenvalue weighted by molar-refractivity contribution is -0.134. The third kappa shape index (κ3) is 2.07. The number of carbonyl (C=O) groups excluding carboxylic acids is 2. The molecule has 1 rings (SSSR count). The molecule has 60 valence electrons. The number of amides is 1. The molecule has 1 heterocycles. The van der Waals surface area contributed by atoms with Crippen LogP contribution >= 0.6 is 0 Å². The molecular weight excluding hydrogens is 146 g/mol. The van der Waals surface area contributed by atoms with E-state index in [0.717, 1.165) is 0 Å². The number of rotatable bonds is 1. The van der Waals surface area contributed by atoms with E-state index >= 15 is 0 Å². The molecule has 0 aromatic heterocycles. The van der Waals surface area contributed by atoms with Crippen molar-refractivity contribution in [2.45, 2.75) is 12.8 Å². The molecule has 1 fully saturated rings. The summed E-state index contributed by atoms with van der Waals surface area (Å²) in [6, 6.07) is 0. The number of esters is 1. The Bertz CT molecular complexity index is 220. The number of methoxy groups -OCH3 is 1. The first-order valence-electron chi connectivity index (χ1n) is 3.31. The largest absolute Gasteiger partial charge is 0.466 e. The van der Waals surface area contributed by atoms with Crippen LogP contribution in [-0.2, 0) is 14.3 Å². The van der Waals surface area contributed by atoms with Crippen LogP contribution in [0.3, 0.4) is 0 Å². The SMILES string of the molecule is COC(=O)C=C1CCC(=O)N1. The number of hydrogen-bond donors (Lipinski definition) is 1. The maximum Gasteiger partial charge on any atom is 0.332 e. The van der Waals surface area contributed by atoms with E-state index in [4.69, 9.17) is 0 Å². The van der Waals surface area contributed by atoms with E-state index in [1.807, 2.05) is 0 Å². The summed E-state index contributed by atoms with van der Waals surface area (Å²) < 4.78 is 4.38. The normalized spacial score (nSPS) is 20.1. The van der Waals surface area contributed by atoms with Crippen LogP contribution in [0.5, 0.6) is 0 Å². The van der Waals surface area contributed by atoms with Crippen LogP contribution in [-0.4, -0.2) is 19.0 Å². The minimum Gasteiger partial charge on any atom is -0.466 e. The third-order valence-corrected chi connectivity index (χ3v) is 1.41. The van der Waals surface area contributed by atoms with Gasteiger partial charge in [-0.3, -0.25) is 4.79 Å². The molecule has 1 N–H and O–H groups in total. The van der Waals surface area contributed by atoms with E-state index in [-0.39, 0.29) is 5.91 Å². The summed E-state index contributed by atoms with van der Waals surface area (Å²) >= 11 is 0. The van der Waals surface area contributed by atoms with Gasteiger partial charge in [0.05, 0.1) is 7.11 Å². The van der Waals surface area contributed by atoms with Crippen LogP contribution in [0, 0.1) is 0 Å². The summed E-state index contributed by atoms with van der Waals surface area (Å²) in [7, 11) is 1.30. The van der Waals surface area contributed by atoms with Crippen LogP contribution in [0.25, 0.3) is 0 Å². The maximum absolute atomic E-state index is 10.6. The number of carbonyl (C=O) groups is 2. The first kappa shape index (κ1) is 7.78. The molecule has 0 aliphatic carbocycles. The van der Waals surface area contributed by atoms with Gasteiger partial charge in [-0.15, -0.1) is 0 Å². The average molecular weight is 155 g/mol. The second kappa shape index (κ2) is 3.18. The van der Waals surface area contributed by atoms with Crippen LogP contribution in [0.2, 0.25) is 0 Å². The van der Waals surface area contributed by atoms with Gasteiger partial charge in [-0.25, -0.2) is 4.79 Å². The molecule has 0 saturated carbocycles. The Labute approximate surface area is 64.2 Å². The van der Waals surface area contributed by atoms with E-state index in [1.54, 1.807) is 0 Å². The summed E-state index contributed by atoms with van der Waals surface area (Å²) in [5, 5.41) is 2.54. The predicted octanol–water partition coefficient (Wildman–Crippen LogP) is -0.0467. The summed E-state index contributed by atoms with van der Waals surface area (Å²) in [5.74, 6) is -0.470. The molecular formula is C7H9NO3. The fraction of sp³-hybridized carbons (Fsp3) is 0.429. The van der Waals surface area contributed by atoms with E-state index in [2.05, 4.69) is 10.1 Å². The molecule has 0 bridgehead atoms. The minimum atomic E-state index is -0.429. The molecule has 0 aromatic carbocycles. The molecule has 1 amide bonds. The molecule has 1 aliphatic rings. The Morgan fingerprint density at radius 1 is 1.64 bits per heavy atom. The van der Waals surface area contributed by atoms with Gasteiger partial charge in [0, 0.05) is 18.2 Å². The zero-order valence-corrected chi connectivity index (χ0v) is 6.22. The van der Waals surface area contributed by atoms with Crippen LogP contribution in [0.1, 0.15) is 12.8 Å². The molecule has 4 heteroatoms. The number of nitrogens with one attached hydrogen (secondary N) is 1. The summed E-state index contributed by atoms with van der Waals surface area (Å²) in [6.07, 6.45) is 2.36. The van der Waals surface area contributed by atoms with Gasteiger partial charge in [-0.1, -0.05) is 0 Å². The van der Waals surface area contributed by atoms with Crippen molar-refractivity contribution in [2.24, 2.45) is 0 Å². The van der Waals surface area contributed by atoms with Crippen molar-refractivity contribution in [2.75, 3.05) is 7.11 Å². The lowest BCUT2D eigenvalue weighted by atomic mass is 10.3. The molecule has 1 aliphatic heterocycles. The van der Waals surface area contributed by atoms with Gasteiger partial charge >= 0.3 is 5.97 Å². The quantitative estimate of drug-likeness (QED) is 0.426. The molecule has 0 radical (unpaired) electrons. The Hall–Kier alpha value is -1.32. The highest BCUT2D eigenvalue weighted by Gasteiger charge is 2.14. The maximum atomic E-state index is 10.6. The zero-order valence-electron chi connectivity index (χ0n) is 6.22. The number of hydrogen-bond acceptors (Lipinski definition) is 3. The molecule has 4 nitrogen and oxygen atoms in total. The molecule has 0 unspecified atom stereocenters. The predicted molar refractivity (Wildman–Crippen MR) is 37.5 cm³/mol. The van der Waals surface area contributed by atoms with E-state index in [1.165, 1.54) is 13.2 Å². The molecule has 11 heavy (non-hydrogen) atoms. The van der Waals surface area contributed by atoms with Gasteiger partial charge in [0.2, 0.25) is 5.91 Å². The van der Waals surface area contributed by atoms with E-state index in [0.29, 0.717) is 18.5 Å². The highest BCUT2D eigenvalue weighted by atomic mass is 16.5. The fourth-order valence-corrected chi connectivity index (χ4v) is 0.862. The van der Waals surface area contributed by atoms with Gasteiger partial charge in [-0.05, 0) is 6.42 Å². The lowest BCUT2D eigenvalue weighted by Gasteiger charge is -1.94. The van der Waals surface area contributed by atoms with Gasteiger partial charge in [0.1, 0.15) is 0 Å². The highest BCUT2D eigenvalue weighted by molar-refractivity contribution is 5.87. The van der Waals surface area contributed by atoms with Gasteiger partial charge < -0.3 is 10.1 Å². The summed E-state index contributed by atoms with van der Waals surface area (Å²) in [5.41, 5.74) is 0.641. The van der Waals surface area contributed by atoms with Gasteiger partial charge in [-0.2, -0.15) is 0 Å². The van der Waals surface area contributed by atoms with Crippen LogP contribution < -0.4 is 5.32 Å². The first-order chi connectivity index (χ1) is 5.22. The topological polar surface area (TPSA) is 55.4 Å². The Morgan fingerprint density at radius 2 is 2.36 bits per heavy atom. The van der Waals surface area contributed by atoms with Gasteiger partial charge in [0.15, 0.2) is 0 Å². The Kier molecular flexibility index (Phi) is 2.25. The molecule has 0 atom stereocenters. The van der Waals surface area contributed by atoms with Crippen LogP contribution in [0.4, 0.5) is 0 Å². The molecule has 0 spiro atoms. The minimum absolute atomic E-state index is 0.0415. The summed E-state index contributed by atoms with van der Waals surface area (Å²) in [6.45, 7) is 0. The average Bonchev–Trinajstić information content (AvgIpc) is 2.35. The zero-order chi connectivity index (χ0) is 8.27. The highest BCUT2D eigenvalue weighted by Crippen LogP contribution is 2.09. The smallest absolute Gasteiger partial charge is 0.332 e. The van der Waals surface area contributed by atoms with Crippen molar-refractivity contribution in [3.63, 3.8) is 0 Å². The Balaban J connectivity index is 2.54. The monoisotopic (exact) mass is 155 g/mol. The second-order valence-electron chi connectivity index (χ2n) is 2.24. The summed E-state index contributed by atoms with van der Waals surface area (Å²) in [4.78, 5) is 21.2. The number of allylic oxidation sites excluding steroid dienone is 1. The molecule has 1 saturated heterocycles. The van der Waals surface area contributed by atoms with Crippen LogP contribution in [0.15, 0.2) is 11.8 Å². The van der Waals surface area contributed by atoms with Crippen molar-refractivity contribution in [1.82, 2.24) is 5.32 Å². The van der Waals surface area contributed by atoms with Crippen molar-refractivity contribution in [3.05, 3.63) is 11.8 Å². The molecule has 0 aromatic rings. The first-order valence-corrected chi connectivity index (χ1v) is 3.31. The van der Waals surface area contributed by atoms with Crippen molar-refractivity contribution >= 4 is 11.9 Å². The fourth-order valence-electron chi connectivity index (χ4n) is 0.862. The van der Waals surface area contributed by atoms with E-state index in [9.17, 15) is 9.59 Å². The second-order valence-corrected chi connectivity index (χ2v) is 2.24. The number of ether oxygens (including phenoxy) is 1.